The topological polar surface area (TPSA) is 24.1 Å². The Hall–Kier alpha value is -0.860. The summed E-state index contributed by atoms with van der Waals surface area (Å²) in [6.07, 6.45) is 0. The summed E-state index contributed by atoms with van der Waals surface area (Å²) >= 11 is 0. The van der Waals surface area contributed by atoms with Crippen LogP contribution in [0, 0.1) is 20.8 Å². The highest BCUT2D eigenvalue weighted by molar-refractivity contribution is 5.40. The molecule has 16 heavy (non-hydrogen) atoms. The zero-order valence-corrected chi connectivity index (χ0v) is 10.8. The normalized spacial score (nSPS) is 25.8. The molecule has 0 saturated carbocycles. The average Bonchev–Trinajstić information content (AvgIpc) is 2.24. The van der Waals surface area contributed by atoms with Crippen LogP contribution in [-0.2, 0) is 5.54 Å². The molecule has 2 N–H and O–H groups in total. The van der Waals surface area contributed by atoms with Gasteiger partial charge < -0.3 is 10.6 Å². The molecule has 1 fully saturated rings. The summed E-state index contributed by atoms with van der Waals surface area (Å²) in [5.41, 5.74) is 5.67. The second kappa shape index (κ2) is 4.19. The first-order valence-corrected chi connectivity index (χ1v) is 6.07. The Labute approximate surface area is 98.4 Å². The summed E-state index contributed by atoms with van der Waals surface area (Å²) in [5.74, 6) is 0. The van der Waals surface area contributed by atoms with E-state index < -0.39 is 0 Å². The number of nitrogens with one attached hydrogen (secondary N) is 2. The number of hydrogen-bond acceptors (Lipinski definition) is 2. The third-order valence-corrected chi connectivity index (χ3v) is 3.73. The van der Waals surface area contributed by atoms with Crippen LogP contribution >= 0.6 is 0 Å². The van der Waals surface area contributed by atoms with Crippen molar-refractivity contribution < 1.29 is 0 Å². The van der Waals surface area contributed by atoms with Crippen molar-refractivity contribution in [3.63, 3.8) is 0 Å². The number of piperazine rings is 1. The largest absolute Gasteiger partial charge is 0.313 e. The number of aryl methyl sites for hydroxylation is 3. The highest BCUT2D eigenvalue weighted by Crippen LogP contribution is 2.27. The van der Waals surface area contributed by atoms with Gasteiger partial charge in [0.1, 0.15) is 0 Å². The fraction of sp³-hybridized carbons (Fsp3) is 0.571. The molecular weight excluding hydrogens is 196 g/mol. The molecule has 1 heterocycles. The van der Waals surface area contributed by atoms with Crippen LogP contribution in [0.3, 0.4) is 0 Å². The number of hydrogen-bond donors (Lipinski definition) is 2. The van der Waals surface area contributed by atoms with Crippen LogP contribution in [0.5, 0.6) is 0 Å². The van der Waals surface area contributed by atoms with E-state index in [4.69, 9.17) is 0 Å². The fourth-order valence-corrected chi connectivity index (χ4v) is 2.57. The Kier molecular flexibility index (Phi) is 3.04. The average molecular weight is 218 g/mol. The first-order valence-electron chi connectivity index (χ1n) is 6.07. The lowest BCUT2D eigenvalue weighted by Gasteiger charge is -2.37. The predicted molar refractivity (Wildman–Crippen MR) is 68.9 cm³/mol. The van der Waals surface area contributed by atoms with E-state index in [2.05, 4.69) is 50.5 Å². The lowest BCUT2D eigenvalue weighted by atomic mass is 9.85. The molecule has 88 valence electrons. The summed E-state index contributed by atoms with van der Waals surface area (Å²) in [6.45, 7) is 12.0. The molecule has 1 unspecified atom stereocenters. The van der Waals surface area contributed by atoms with Gasteiger partial charge in [-0.15, -0.1) is 0 Å². The maximum absolute atomic E-state index is 3.64. The minimum absolute atomic E-state index is 0.0841. The lowest BCUT2D eigenvalue weighted by Crippen LogP contribution is -2.55. The zero-order chi connectivity index (χ0) is 11.8. The molecule has 0 amide bonds. The van der Waals surface area contributed by atoms with Gasteiger partial charge in [0.05, 0.1) is 5.54 Å². The van der Waals surface area contributed by atoms with Gasteiger partial charge >= 0.3 is 0 Å². The summed E-state index contributed by atoms with van der Waals surface area (Å²) < 4.78 is 0. The molecule has 1 aromatic rings. The highest BCUT2D eigenvalue weighted by atomic mass is 15.1. The Morgan fingerprint density at radius 1 is 1.00 bits per heavy atom. The van der Waals surface area contributed by atoms with E-state index >= 15 is 0 Å². The van der Waals surface area contributed by atoms with Crippen molar-refractivity contribution in [2.45, 2.75) is 33.2 Å². The van der Waals surface area contributed by atoms with E-state index in [-0.39, 0.29) is 5.54 Å². The Morgan fingerprint density at radius 3 is 2.31 bits per heavy atom. The molecular formula is C14H22N2. The summed E-state index contributed by atoms with van der Waals surface area (Å²) in [5, 5.41) is 7.11. The lowest BCUT2D eigenvalue weighted by molar-refractivity contribution is 0.301. The quantitative estimate of drug-likeness (QED) is 0.753. The first-order chi connectivity index (χ1) is 7.53. The summed E-state index contributed by atoms with van der Waals surface area (Å²) in [7, 11) is 0. The minimum atomic E-state index is 0.0841. The van der Waals surface area contributed by atoms with Crippen LogP contribution in [0.1, 0.15) is 29.2 Å². The third kappa shape index (κ3) is 2.00. The molecule has 1 saturated heterocycles. The monoisotopic (exact) mass is 218 g/mol. The molecule has 0 radical (unpaired) electrons. The van der Waals surface area contributed by atoms with Crippen LogP contribution in [0.4, 0.5) is 0 Å². The molecule has 1 aliphatic heterocycles. The molecule has 1 aliphatic rings. The van der Waals surface area contributed by atoms with Crippen molar-refractivity contribution >= 4 is 0 Å². The van der Waals surface area contributed by atoms with Gasteiger partial charge in [0.15, 0.2) is 0 Å². The number of benzene rings is 1. The van der Waals surface area contributed by atoms with Crippen molar-refractivity contribution in [2.24, 2.45) is 0 Å². The molecule has 0 bridgehead atoms. The van der Waals surface area contributed by atoms with Gasteiger partial charge in [0.25, 0.3) is 0 Å². The Balaban J connectivity index is 2.42. The van der Waals surface area contributed by atoms with Crippen molar-refractivity contribution in [1.29, 1.82) is 0 Å². The van der Waals surface area contributed by atoms with Crippen molar-refractivity contribution in [3.8, 4) is 0 Å². The SMILES string of the molecule is Cc1cc(C)c(C2(C)CNCCN2)cc1C. The highest BCUT2D eigenvalue weighted by Gasteiger charge is 2.29. The molecule has 0 aliphatic carbocycles. The zero-order valence-electron chi connectivity index (χ0n) is 10.8. The third-order valence-electron chi connectivity index (χ3n) is 3.73. The van der Waals surface area contributed by atoms with E-state index in [1.54, 1.807) is 0 Å². The van der Waals surface area contributed by atoms with Gasteiger partial charge in [-0.25, -0.2) is 0 Å². The molecule has 1 atom stereocenters. The maximum Gasteiger partial charge on any atom is 0.0535 e. The van der Waals surface area contributed by atoms with E-state index in [1.807, 2.05) is 0 Å². The van der Waals surface area contributed by atoms with Crippen LogP contribution < -0.4 is 10.6 Å². The second-order valence-electron chi connectivity index (χ2n) is 5.19. The van der Waals surface area contributed by atoms with Gasteiger partial charge in [-0.05, 0) is 49.9 Å². The molecule has 2 nitrogen and oxygen atoms in total. The Bertz CT molecular complexity index is 390. The van der Waals surface area contributed by atoms with Gasteiger partial charge in [-0.2, -0.15) is 0 Å². The molecule has 2 heteroatoms. The van der Waals surface area contributed by atoms with Crippen molar-refractivity contribution in [2.75, 3.05) is 19.6 Å². The van der Waals surface area contributed by atoms with E-state index in [0.29, 0.717) is 0 Å². The van der Waals surface area contributed by atoms with Gasteiger partial charge in [0.2, 0.25) is 0 Å². The standard InChI is InChI=1S/C14H22N2/c1-10-7-12(3)13(8-11(10)2)14(4)9-15-5-6-16-14/h7-8,15-16H,5-6,9H2,1-4H3. The van der Waals surface area contributed by atoms with Gasteiger partial charge in [0, 0.05) is 19.6 Å². The molecule has 0 spiro atoms. The predicted octanol–water partition coefficient (Wildman–Crippen LogP) is 2.02. The molecule has 0 aromatic heterocycles. The van der Waals surface area contributed by atoms with E-state index in [1.165, 1.54) is 22.3 Å². The van der Waals surface area contributed by atoms with E-state index in [9.17, 15) is 0 Å². The summed E-state index contributed by atoms with van der Waals surface area (Å²) in [6, 6.07) is 4.64. The van der Waals surface area contributed by atoms with Crippen LogP contribution in [-0.4, -0.2) is 19.6 Å². The number of rotatable bonds is 1. The van der Waals surface area contributed by atoms with Crippen LogP contribution in [0.25, 0.3) is 0 Å². The summed E-state index contributed by atoms with van der Waals surface area (Å²) in [4.78, 5) is 0. The first kappa shape index (κ1) is 11.6. The van der Waals surface area contributed by atoms with Gasteiger partial charge in [-0.1, -0.05) is 12.1 Å². The van der Waals surface area contributed by atoms with Crippen LogP contribution in [0.2, 0.25) is 0 Å². The second-order valence-corrected chi connectivity index (χ2v) is 5.19. The van der Waals surface area contributed by atoms with Crippen molar-refractivity contribution in [1.82, 2.24) is 10.6 Å². The van der Waals surface area contributed by atoms with Crippen LogP contribution in [0.15, 0.2) is 12.1 Å². The molecule has 2 rings (SSSR count). The minimum Gasteiger partial charge on any atom is -0.313 e. The smallest absolute Gasteiger partial charge is 0.0535 e. The Morgan fingerprint density at radius 2 is 1.69 bits per heavy atom. The fourth-order valence-electron chi connectivity index (χ4n) is 2.57. The van der Waals surface area contributed by atoms with Crippen molar-refractivity contribution in [3.05, 3.63) is 34.4 Å². The van der Waals surface area contributed by atoms with E-state index in [0.717, 1.165) is 19.6 Å². The van der Waals surface area contributed by atoms with Gasteiger partial charge in [-0.3, -0.25) is 0 Å². The maximum atomic E-state index is 3.64. The molecule has 1 aromatic carbocycles.